The number of carbonyl (C=O) groups excluding carboxylic acids is 1. The fraction of sp³-hybridized carbons (Fsp3) is 0.500. The zero-order valence-corrected chi connectivity index (χ0v) is 10.8. The maximum Gasteiger partial charge on any atom is 0.224 e. The average Bonchev–Trinajstić information content (AvgIpc) is 2.75. The van der Waals surface area contributed by atoms with Gasteiger partial charge in [0.05, 0.1) is 0 Å². The molecule has 1 amide bonds. The topological polar surface area (TPSA) is 67.2 Å². The van der Waals surface area contributed by atoms with Crippen LogP contribution in [0.25, 0.3) is 0 Å². The van der Waals surface area contributed by atoms with Gasteiger partial charge in [0, 0.05) is 29.9 Å². The Labute approximate surface area is 108 Å². The smallest absolute Gasteiger partial charge is 0.224 e. The van der Waals surface area contributed by atoms with Crippen LogP contribution in [0.15, 0.2) is 24.3 Å². The van der Waals surface area contributed by atoms with Gasteiger partial charge in [0.25, 0.3) is 0 Å². The summed E-state index contributed by atoms with van der Waals surface area (Å²) in [4.78, 5) is 11.3. The predicted octanol–water partition coefficient (Wildman–Crippen LogP) is 2.33. The van der Waals surface area contributed by atoms with Crippen LogP contribution in [0.3, 0.4) is 0 Å². The number of amides is 1. The van der Waals surface area contributed by atoms with Crippen molar-refractivity contribution in [3.63, 3.8) is 0 Å². The summed E-state index contributed by atoms with van der Waals surface area (Å²) in [7, 11) is 0. The highest BCUT2D eigenvalue weighted by atomic mass is 16.1. The van der Waals surface area contributed by atoms with Gasteiger partial charge in [-0.1, -0.05) is 13.0 Å². The van der Waals surface area contributed by atoms with Crippen molar-refractivity contribution in [3.05, 3.63) is 24.3 Å². The highest BCUT2D eigenvalue weighted by molar-refractivity contribution is 5.90. The van der Waals surface area contributed by atoms with Gasteiger partial charge < -0.3 is 16.4 Å². The van der Waals surface area contributed by atoms with Crippen LogP contribution in [0.1, 0.15) is 32.6 Å². The number of carbonyl (C=O) groups is 1. The summed E-state index contributed by atoms with van der Waals surface area (Å²) in [5.41, 5.74) is 7.78. The van der Waals surface area contributed by atoms with E-state index in [-0.39, 0.29) is 5.91 Å². The van der Waals surface area contributed by atoms with Crippen LogP contribution in [0.4, 0.5) is 11.4 Å². The molecule has 0 bridgehead atoms. The molecule has 4 heteroatoms. The summed E-state index contributed by atoms with van der Waals surface area (Å²) >= 11 is 0. The van der Waals surface area contributed by atoms with Gasteiger partial charge in [-0.05, 0) is 37.5 Å². The third kappa shape index (κ3) is 3.47. The van der Waals surface area contributed by atoms with Crippen molar-refractivity contribution in [2.24, 2.45) is 5.73 Å². The summed E-state index contributed by atoms with van der Waals surface area (Å²) in [6.07, 6.45) is 3.72. The third-order valence-corrected chi connectivity index (χ3v) is 3.31. The number of benzene rings is 1. The van der Waals surface area contributed by atoms with Gasteiger partial charge in [0.15, 0.2) is 0 Å². The number of anilines is 2. The van der Waals surface area contributed by atoms with Gasteiger partial charge in [-0.25, -0.2) is 0 Å². The Bertz CT molecular complexity index is 419. The number of nitrogens with one attached hydrogen (secondary N) is 2. The maximum atomic E-state index is 11.3. The van der Waals surface area contributed by atoms with E-state index in [1.807, 2.05) is 31.2 Å². The van der Waals surface area contributed by atoms with E-state index in [9.17, 15) is 4.79 Å². The summed E-state index contributed by atoms with van der Waals surface area (Å²) in [5.74, 6) is 0.0371. The Kier molecular flexibility index (Phi) is 4.20. The first-order valence-corrected chi connectivity index (χ1v) is 6.59. The van der Waals surface area contributed by atoms with E-state index in [1.165, 1.54) is 0 Å². The molecule has 2 rings (SSSR count). The summed E-state index contributed by atoms with van der Waals surface area (Å²) in [6.45, 7) is 1.84. The van der Waals surface area contributed by atoms with E-state index in [4.69, 9.17) is 5.73 Å². The van der Waals surface area contributed by atoms with Gasteiger partial charge in [0.2, 0.25) is 5.91 Å². The molecule has 4 nitrogen and oxygen atoms in total. The molecule has 1 fully saturated rings. The number of rotatable bonds is 4. The molecule has 0 spiro atoms. The van der Waals surface area contributed by atoms with Gasteiger partial charge in [0.1, 0.15) is 0 Å². The highest BCUT2D eigenvalue weighted by Gasteiger charge is 2.21. The van der Waals surface area contributed by atoms with Gasteiger partial charge in [-0.15, -0.1) is 0 Å². The molecule has 1 aliphatic rings. The second-order valence-electron chi connectivity index (χ2n) is 4.90. The van der Waals surface area contributed by atoms with Crippen LogP contribution >= 0.6 is 0 Å². The minimum Gasteiger partial charge on any atom is -0.382 e. The molecule has 2 atom stereocenters. The van der Waals surface area contributed by atoms with Gasteiger partial charge in [-0.3, -0.25) is 4.79 Å². The van der Waals surface area contributed by atoms with Crippen LogP contribution in [0, 0.1) is 0 Å². The standard InChI is InChI=1S/C14H21N3O/c1-2-14(18)17-12-5-3-4-11(9-12)16-13-7-6-10(15)8-13/h3-5,9-10,13,16H,2,6-8,15H2,1H3,(H,17,18). The van der Waals surface area contributed by atoms with Crippen molar-refractivity contribution in [1.29, 1.82) is 0 Å². The van der Waals surface area contributed by atoms with Gasteiger partial charge >= 0.3 is 0 Å². The lowest BCUT2D eigenvalue weighted by Crippen LogP contribution is -2.20. The minimum atomic E-state index is 0.0371. The zero-order chi connectivity index (χ0) is 13.0. The molecule has 4 N–H and O–H groups in total. The molecule has 0 heterocycles. The molecule has 98 valence electrons. The second kappa shape index (κ2) is 5.87. The van der Waals surface area contributed by atoms with E-state index >= 15 is 0 Å². The molecule has 1 saturated carbocycles. The van der Waals surface area contributed by atoms with Crippen LogP contribution in [-0.4, -0.2) is 18.0 Å². The van der Waals surface area contributed by atoms with E-state index < -0.39 is 0 Å². The fourth-order valence-corrected chi connectivity index (χ4v) is 2.32. The minimum absolute atomic E-state index is 0.0371. The predicted molar refractivity (Wildman–Crippen MR) is 74.6 cm³/mol. The largest absolute Gasteiger partial charge is 0.382 e. The molecule has 2 unspecified atom stereocenters. The Balaban J connectivity index is 1.96. The Morgan fingerprint density at radius 3 is 2.83 bits per heavy atom. The maximum absolute atomic E-state index is 11.3. The lowest BCUT2D eigenvalue weighted by molar-refractivity contribution is -0.115. The molecule has 1 aromatic rings. The molecular weight excluding hydrogens is 226 g/mol. The van der Waals surface area contributed by atoms with Crippen molar-refractivity contribution >= 4 is 17.3 Å². The zero-order valence-electron chi connectivity index (χ0n) is 10.8. The third-order valence-electron chi connectivity index (χ3n) is 3.31. The van der Waals surface area contributed by atoms with Crippen molar-refractivity contribution in [3.8, 4) is 0 Å². The van der Waals surface area contributed by atoms with Crippen LogP contribution in [0.2, 0.25) is 0 Å². The molecule has 0 aliphatic heterocycles. The summed E-state index contributed by atoms with van der Waals surface area (Å²) in [5, 5.41) is 6.33. The van der Waals surface area contributed by atoms with Crippen molar-refractivity contribution in [1.82, 2.24) is 0 Å². The second-order valence-corrected chi connectivity index (χ2v) is 4.90. The van der Waals surface area contributed by atoms with Gasteiger partial charge in [-0.2, -0.15) is 0 Å². The first-order valence-electron chi connectivity index (χ1n) is 6.59. The molecule has 1 aromatic carbocycles. The summed E-state index contributed by atoms with van der Waals surface area (Å²) < 4.78 is 0. The number of nitrogens with two attached hydrogens (primary N) is 1. The van der Waals surface area contributed by atoms with Crippen LogP contribution in [-0.2, 0) is 4.79 Å². The van der Waals surface area contributed by atoms with Crippen molar-refractivity contribution in [2.75, 3.05) is 10.6 Å². The first kappa shape index (κ1) is 12.9. The average molecular weight is 247 g/mol. The number of hydrogen-bond donors (Lipinski definition) is 3. The van der Waals surface area contributed by atoms with E-state index in [1.54, 1.807) is 0 Å². The monoisotopic (exact) mass is 247 g/mol. The van der Waals surface area contributed by atoms with E-state index in [0.717, 1.165) is 30.6 Å². The molecule has 18 heavy (non-hydrogen) atoms. The Hall–Kier alpha value is -1.55. The van der Waals surface area contributed by atoms with Crippen molar-refractivity contribution < 1.29 is 4.79 Å². The summed E-state index contributed by atoms with van der Waals surface area (Å²) in [6, 6.07) is 8.62. The molecule has 0 saturated heterocycles. The quantitative estimate of drug-likeness (QED) is 0.765. The Morgan fingerprint density at radius 1 is 1.39 bits per heavy atom. The highest BCUT2D eigenvalue weighted by Crippen LogP contribution is 2.23. The SMILES string of the molecule is CCC(=O)Nc1cccc(NC2CCC(N)C2)c1. The van der Waals surface area contributed by atoms with E-state index in [0.29, 0.717) is 18.5 Å². The normalized spacial score (nSPS) is 22.8. The lowest BCUT2D eigenvalue weighted by Gasteiger charge is -2.15. The Morgan fingerprint density at radius 2 is 2.17 bits per heavy atom. The number of hydrogen-bond acceptors (Lipinski definition) is 3. The first-order chi connectivity index (χ1) is 8.67. The lowest BCUT2D eigenvalue weighted by atomic mass is 10.2. The van der Waals surface area contributed by atoms with Crippen LogP contribution < -0.4 is 16.4 Å². The molecular formula is C14H21N3O. The van der Waals surface area contributed by atoms with Crippen LogP contribution in [0.5, 0.6) is 0 Å². The molecule has 1 aliphatic carbocycles. The van der Waals surface area contributed by atoms with E-state index in [2.05, 4.69) is 10.6 Å². The van der Waals surface area contributed by atoms with Crippen molar-refractivity contribution in [2.45, 2.75) is 44.7 Å². The molecule has 0 aromatic heterocycles. The fourth-order valence-electron chi connectivity index (χ4n) is 2.32. The molecule has 0 radical (unpaired) electrons.